The Hall–Kier alpha value is -3.63. The summed E-state index contributed by atoms with van der Waals surface area (Å²) >= 11 is 0. The summed E-state index contributed by atoms with van der Waals surface area (Å²) in [6, 6.07) is 8.99. The maximum atomic E-state index is 12.9. The number of hydrogen-bond donors (Lipinski definition) is 0. The number of ether oxygens (including phenoxy) is 1. The van der Waals surface area contributed by atoms with Crippen molar-refractivity contribution in [3.63, 3.8) is 0 Å². The number of nitro groups is 1. The van der Waals surface area contributed by atoms with Gasteiger partial charge < -0.3 is 14.5 Å². The smallest absolute Gasteiger partial charge is 0.416 e. The zero-order chi connectivity index (χ0) is 23.5. The fraction of sp³-hybridized carbons (Fsp3) is 0.333. The maximum Gasteiger partial charge on any atom is 0.416 e. The van der Waals surface area contributed by atoms with Gasteiger partial charge in [0.05, 0.1) is 16.1 Å². The van der Waals surface area contributed by atoms with E-state index in [-0.39, 0.29) is 29.9 Å². The van der Waals surface area contributed by atoms with Gasteiger partial charge in [-0.15, -0.1) is 0 Å². The van der Waals surface area contributed by atoms with E-state index in [4.69, 9.17) is 4.74 Å². The summed E-state index contributed by atoms with van der Waals surface area (Å²) < 4.78 is 43.8. The van der Waals surface area contributed by atoms with Gasteiger partial charge in [0.15, 0.2) is 6.61 Å². The molecule has 8 nitrogen and oxygen atoms in total. The van der Waals surface area contributed by atoms with Crippen molar-refractivity contribution in [3.8, 4) is 0 Å². The molecular formula is C21H20F3N3O5. The zero-order valence-electron chi connectivity index (χ0n) is 17.1. The normalized spacial score (nSPS) is 14.2. The van der Waals surface area contributed by atoms with Crippen LogP contribution in [0, 0.1) is 17.0 Å². The van der Waals surface area contributed by atoms with E-state index in [1.807, 2.05) is 0 Å². The second-order valence-corrected chi connectivity index (χ2v) is 7.20. The molecule has 170 valence electrons. The Kier molecular flexibility index (Phi) is 6.66. The molecule has 0 atom stereocenters. The molecule has 0 N–H and O–H groups in total. The van der Waals surface area contributed by atoms with Crippen LogP contribution in [0.4, 0.5) is 24.5 Å². The number of nitrogens with zero attached hydrogens (tertiary/aromatic N) is 3. The molecule has 0 bridgehead atoms. The summed E-state index contributed by atoms with van der Waals surface area (Å²) in [7, 11) is 0. The van der Waals surface area contributed by atoms with Gasteiger partial charge in [0.1, 0.15) is 0 Å². The summed E-state index contributed by atoms with van der Waals surface area (Å²) in [4.78, 5) is 38.3. The van der Waals surface area contributed by atoms with E-state index >= 15 is 0 Å². The molecule has 1 aliphatic heterocycles. The van der Waals surface area contributed by atoms with E-state index in [2.05, 4.69) is 0 Å². The zero-order valence-corrected chi connectivity index (χ0v) is 17.1. The predicted molar refractivity (Wildman–Crippen MR) is 108 cm³/mol. The molecule has 3 rings (SSSR count). The van der Waals surface area contributed by atoms with Crippen LogP contribution in [0.25, 0.3) is 0 Å². The minimum absolute atomic E-state index is 0.00126. The van der Waals surface area contributed by atoms with E-state index in [0.29, 0.717) is 18.8 Å². The topological polar surface area (TPSA) is 93.0 Å². The molecule has 0 aromatic heterocycles. The molecule has 11 heteroatoms. The lowest BCUT2D eigenvalue weighted by Gasteiger charge is -2.36. The summed E-state index contributed by atoms with van der Waals surface area (Å²) in [5.41, 5.74) is -0.404. The fourth-order valence-electron chi connectivity index (χ4n) is 3.43. The number of nitro benzene ring substituents is 1. The Labute approximate surface area is 181 Å². The second kappa shape index (κ2) is 9.25. The van der Waals surface area contributed by atoms with Crippen LogP contribution in [0.1, 0.15) is 21.5 Å². The van der Waals surface area contributed by atoms with E-state index in [0.717, 1.165) is 12.1 Å². The quantitative estimate of drug-likeness (QED) is 0.393. The van der Waals surface area contributed by atoms with Crippen molar-refractivity contribution in [2.45, 2.75) is 13.1 Å². The van der Waals surface area contributed by atoms with Gasteiger partial charge in [0.25, 0.3) is 11.6 Å². The van der Waals surface area contributed by atoms with Crippen LogP contribution >= 0.6 is 0 Å². The number of rotatable bonds is 5. The van der Waals surface area contributed by atoms with Crippen molar-refractivity contribution in [2.75, 3.05) is 37.7 Å². The van der Waals surface area contributed by atoms with Crippen molar-refractivity contribution >= 4 is 23.3 Å². The molecule has 1 amide bonds. The number of carbonyl (C=O) groups excluding carboxylic acids is 2. The Morgan fingerprint density at radius 3 is 2.38 bits per heavy atom. The van der Waals surface area contributed by atoms with Crippen LogP contribution in [0.5, 0.6) is 0 Å². The Bertz CT molecular complexity index is 1030. The highest BCUT2D eigenvalue weighted by Crippen LogP contribution is 2.32. The second-order valence-electron chi connectivity index (χ2n) is 7.20. The lowest BCUT2D eigenvalue weighted by molar-refractivity contribution is -0.385. The molecule has 0 aliphatic carbocycles. The molecule has 0 saturated carbocycles. The third-order valence-corrected chi connectivity index (χ3v) is 5.22. The van der Waals surface area contributed by atoms with Crippen molar-refractivity contribution in [1.29, 1.82) is 0 Å². The van der Waals surface area contributed by atoms with Gasteiger partial charge >= 0.3 is 12.1 Å². The van der Waals surface area contributed by atoms with Crippen LogP contribution < -0.4 is 4.90 Å². The lowest BCUT2D eigenvalue weighted by Crippen LogP contribution is -2.50. The first-order valence-corrected chi connectivity index (χ1v) is 9.69. The highest BCUT2D eigenvalue weighted by atomic mass is 19.4. The predicted octanol–water partition coefficient (Wildman–Crippen LogP) is 3.43. The first-order chi connectivity index (χ1) is 15.1. The molecule has 0 unspecified atom stereocenters. The van der Waals surface area contributed by atoms with Gasteiger partial charge in [0, 0.05) is 43.5 Å². The molecule has 1 fully saturated rings. The van der Waals surface area contributed by atoms with Crippen LogP contribution in [0.3, 0.4) is 0 Å². The molecule has 2 aromatic rings. The van der Waals surface area contributed by atoms with Crippen molar-refractivity contribution in [2.24, 2.45) is 0 Å². The molecule has 0 spiro atoms. The average Bonchev–Trinajstić information content (AvgIpc) is 2.77. The standard InChI is InChI=1S/C21H20F3N3O5/c1-14-17(6-3-7-18(14)27(30)31)20(29)32-13-19(28)26-10-8-25(9-11-26)16-5-2-4-15(12-16)21(22,23)24/h2-7,12H,8-11,13H2,1H3. The van der Waals surface area contributed by atoms with Gasteiger partial charge in [-0.2, -0.15) is 13.2 Å². The molecule has 1 saturated heterocycles. The Morgan fingerprint density at radius 2 is 1.75 bits per heavy atom. The summed E-state index contributed by atoms with van der Waals surface area (Å²) in [6.45, 7) is 2.04. The lowest BCUT2D eigenvalue weighted by atomic mass is 10.1. The molecular weight excluding hydrogens is 431 g/mol. The maximum absolute atomic E-state index is 12.9. The summed E-state index contributed by atoms with van der Waals surface area (Å²) in [6.07, 6.45) is -4.44. The number of alkyl halides is 3. The van der Waals surface area contributed by atoms with E-state index in [1.165, 1.54) is 36.1 Å². The van der Waals surface area contributed by atoms with E-state index < -0.39 is 35.1 Å². The average molecular weight is 451 g/mol. The van der Waals surface area contributed by atoms with Crippen LogP contribution in [-0.4, -0.2) is 54.5 Å². The number of carbonyl (C=O) groups is 2. The van der Waals surface area contributed by atoms with Crippen molar-refractivity contribution in [1.82, 2.24) is 4.90 Å². The Balaban J connectivity index is 1.55. The highest BCUT2D eigenvalue weighted by Gasteiger charge is 2.31. The third-order valence-electron chi connectivity index (χ3n) is 5.22. The van der Waals surface area contributed by atoms with Gasteiger partial charge in [0.2, 0.25) is 0 Å². The number of esters is 1. The van der Waals surface area contributed by atoms with Crippen LogP contribution in [0.15, 0.2) is 42.5 Å². The number of benzene rings is 2. The van der Waals surface area contributed by atoms with E-state index in [9.17, 15) is 32.9 Å². The van der Waals surface area contributed by atoms with Gasteiger partial charge in [-0.25, -0.2) is 4.79 Å². The van der Waals surface area contributed by atoms with Gasteiger partial charge in [-0.3, -0.25) is 14.9 Å². The number of anilines is 1. The number of halogens is 3. The van der Waals surface area contributed by atoms with Crippen molar-refractivity contribution < 1.29 is 32.4 Å². The highest BCUT2D eigenvalue weighted by molar-refractivity contribution is 5.93. The van der Waals surface area contributed by atoms with E-state index in [1.54, 1.807) is 11.0 Å². The SMILES string of the molecule is Cc1c(C(=O)OCC(=O)N2CCN(c3cccc(C(F)(F)F)c3)CC2)cccc1[N+](=O)[O-]. The molecule has 2 aromatic carbocycles. The summed E-state index contributed by atoms with van der Waals surface area (Å²) in [5.74, 6) is -1.30. The molecule has 32 heavy (non-hydrogen) atoms. The number of piperazine rings is 1. The third kappa shape index (κ3) is 5.16. The molecule has 1 heterocycles. The monoisotopic (exact) mass is 451 g/mol. The van der Waals surface area contributed by atoms with Crippen molar-refractivity contribution in [3.05, 3.63) is 69.3 Å². The molecule has 1 aliphatic rings. The first-order valence-electron chi connectivity index (χ1n) is 9.69. The minimum atomic E-state index is -4.44. The number of hydrogen-bond acceptors (Lipinski definition) is 6. The molecule has 0 radical (unpaired) electrons. The Morgan fingerprint density at radius 1 is 1.09 bits per heavy atom. The fourth-order valence-corrected chi connectivity index (χ4v) is 3.43. The number of amides is 1. The van der Waals surface area contributed by atoms with Gasteiger partial charge in [-0.1, -0.05) is 12.1 Å². The largest absolute Gasteiger partial charge is 0.452 e. The van der Waals surface area contributed by atoms with Gasteiger partial charge in [-0.05, 0) is 31.2 Å². The summed E-state index contributed by atoms with van der Waals surface area (Å²) in [5, 5.41) is 11.0. The van der Waals surface area contributed by atoms with Crippen LogP contribution in [0.2, 0.25) is 0 Å². The van der Waals surface area contributed by atoms with Crippen LogP contribution in [-0.2, 0) is 15.7 Å². The first kappa shape index (κ1) is 23.0. The minimum Gasteiger partial charge on any atom is -0.452 e.